The van der Waals surface area contributed by atoms with Crippen LogP contribution in [0.2, 0.25) is 5.02 Å². The zero-order valence-electron chi connectivity index (χ0n) is 16.3. The lowest BCUT2D eigenvalue weighted by atomic mass is 9.84. The van der Waals surface area contributed by atoms with Gasteiger partial charge in [0.15, 0.2) is 0 Å². The number of sulfonamides is 1. The van der Waals surface area contributed by atoms with Gasteiger partial charge in [0.05, 0.1) is 11.8 Å². The molecule has 0 radical (unpaired) electrons. The molecule has 0 aromatic heterocycles. The molecule has 2 aromatic rings. The first-order valence-corrected chi connectivity index (χ1v) is 11.7. The fourth-order valence-corrected chi connectivity index (χ4v) is 4.90. The van der Waals surface area contributed by atoms with Gasteiger partial charge in [-0.3, -0.25) is 0 Å². The third-order valence-electron chi connectivity index (χ3n) is 4.90. The topological polar surface area (TPSA) is 75.7 Å². The van der Waals surface area contributed by atoms with Crippen LogP contribution in [0.1, 0.15) is 24.0 Å². The molecule has 1 saturated heterocycles. The Bertz CT molecular complexity index is 935. The highest BCUT2D eigenvalue weighted by molar-refractivity contribution is 7.88. The number of nitrogens with zero attached hydrogens (tertiary/aromatic N) is 1. The van der Waals surface area contributed by atoms with E-state index in [1.807, 2.05) is 42.5 Å². The summed E-state index contributed by atoms with van der Waals surface area (Å²) in [6.45, 7) is 0.956. The summed E-state index contributed by atoms with van der Waals surface area (Å²) in [6, 6.07) is 16.8. The van der Waals surface area contributed by atoms with Crippen LogP contribution in [0.25, 0.3) is 0 Å². The monoisotopic (exact) mass is 436 g/mol. The molecule has 6 nitrogen and oxygen atoms in total. The number of benzene rings is 2. The summed E-state index contributed by atoms with van der Waals surface area (Å²) in [6.07, 6.45) is 2.47. The molecule has 0 saturated carbocycles. The van der Waals surface area contributed by atoms with Crippen molar-refractivity contribution in [3.63, 3.8) is 0 Å². The highest BCUT2D eigenvalue weighted by Gasteiger charge is 2.40. The van der Waals surface area contributed by atoms with Crippen LogP contribution in [0.4, 0.5) is 4.79 Å². The third-order valence-corrected chi connectivity index (χ3v) is 5.95. The van der Waals surface area contributed by atoms with Crippen LogP contribution in [-0.4, -0.2) is 44.3 Å². The fraction of sp³-hybridized carbons (Fsp3) is 0.381. The Hall–Kier alpha value is -2.09. The number of nitrogens with one attached hydrogen (secondary N) is 1. The van der Waals surface area contributed by atoms with E-state index < -0.39 is 21.7 Å². The molecule has 1 aliphatic rings. The Morgan fingerprint density at radius 3 is 2.48 bits per heavy atom. The van der Waals surface area contributed by atoms with Gasteiger partial charge in [-0.15, -0.1) is 0 Å². The van der Waals surface area contributed by atoms with Crippen LogP contribution in [0, 0.1) is 0 Å². The highest BCUT2D eigenvalue weighted by atomic mass is 35.5. The van der Waals surface area contributed by atoms with Gasteiger partial charge in [0, 0.05) is 18.1 Å². The molecule has 1 amide bonds. The number of ether oxygens (including phenoxy) is 1. The normalized spacial score (nSPS) is 19.7. The van der Waals surface area contributed by atoms with Crippen molar-refractivity contribution in [3.8, 4) is 0 Å². The number of likely N-dealkylation sites (tertiary alicyclic amines) is 1. The van der Waals surface area contributed by atoms with Crippen molar-refractivity contribution in [2.75, 3.05) is 19.3 Å². The molecule has 1 aliphatic heterocycles. The van der Waals surface area contributed by atoms with Crippen molar-refractivity contribution in [1.29, 1.82) is 0 Å². The molecule has 29 heavy (non-hydrogen) atoms. The van der Waals surface area contributed by atoms with Gasteiger partial charge in [0.25, 0.3) is 0 Å². The second-order valence-electron chi connectivity index (χ2n) is 7.52. The smallest absolute Gasteiger partial charge is 0.410 e. The minimum atomic E-state index is -3.47. The Morgan fingerprint density at radius 1 is 1.14 bits per heavy atom. The molecule has 1 atom stereocenters. The number of hydrogen-bond donors (Lipinski definition) is 1. The molecule has 1 unspecified atom stereocenters. The molecule has 0 bridgehead atoms. The van der Waals surface area contributed by atoms with Crippen LogP contribution in [0.3, 0.4) is 0 Å². The molecule has 2 aromatic carbocycles. The molecule has 8 heteroatoms. The average molecular weight is 437 g/mol. The maximum absolute atomic E-state index is 12.6. The van der Waals surface area contributed by atoms with Gasteiger partial charge >= 0.3 is 6.09 Å². The summed E-state index contributed by atoms with van der Waals surface area (Å²) in [7, 11) is -3.47. The number of hydrogen-bond acceptors (Lipinski definition) is 4. The summed E-state index contributed by atoms with van der Waals surface area (Å²) >= 11 is 5.96. The van der Waals surface area contributed by atoms with Crippen molar-refractivity contribution in [2.45, 2.75) is 31.4 Å². The van der Waals surface area contributed by atoms with E-state index in [0.29, 0.717) is 30.8 Å². The molecule has 3 rings (SSSR count). The third kappa shape index (κ3) is 6.45. The molecule has 1 fully saturated rings. The Kier molecular flexibility index (Phi) is 6.82. The quantitative estimate of drug-likeness (QED) is 0.750. The van der Waals surface area contributed by atoms with Gasteiger partial charge in [-0.2, -0.15) is 0 Å². The van der Waals surface area contributed by atoms with Crippen molar-refractivity contribution < 1.29 is 17.9 Å². The molecular weight excluding hydrogens is 412 g/mol. The van der Waals surface area contributed by atoms with E-state index in [0.717, 1.165) is 17.4 Å². The van der Waals surface area contributed by atoms with Crippen LogP contribution in [0.5, 0.6) is 0 Å². The number of amides is 1. The second kappa shape index (κ2) is 9.15. The summed E-state index contributed by atoms with van der Waals surface area (Å²) < 4.78 is 32.4. The van der Waals surface area contributed by atoms with E-state index in [4.69, 9.17) is 16.3 Å². The van der Waals surface area contributed by atoms with Gasteiger partial charge in [0.1, 0.15) is 6.61 Å². The predicted molar refractivity (Wildman–Crippen MR) is 113 cm³/mol. The first kappa shape index (κ1) is 21.6. The minimum Gasteiger partial charge on any atom is -0.445 e. The Labute approximate surface area is 176 Å². The minimum absolute atomic E-state index is 0.180. The zero-order chi connectivity index (χ0) is 20.9. The van der Waals surface area contributed by atoms with Gasteiger partial charge in [-0.25, -0.2) is 17.9 Å². The van der Waals surface area contributed by atoms with E-state index in [1.54, 1.807) is 17.0 Å². The summed E-state index contributed by atoms with van der Waals surface area (Å²) in [5, 5.41) is 0.619. The van der Waals surface area contributed by atoms with Crippen molar-refractivity contribution in [2.24, 2.45) is 0 Å². The number of piperidine rings is 1. The zero-order valence-corrected chi connectivity index (χ0v) is 17.9. The lowest BCUT2D eigenvalue weighted by Gasteiger charge is -2.42. The van der Waals surface area contributed by atoms with E-state index in [-0.39, 0.29) is 13.2 Å². The molecule has 1 N–H and O–H groups in total. The average Bonchev–Trinajstić information content (AvgIpc) is 2.67. The standard InChI is InChI=1S/C21H25ClN2O4S/c1-29(26,27)23-21(14-17-8-10-19(22)11-9-17)12-5-13-24(16-21)20(25)28-15-18-6-3-2-4-7-18/h2-4,6-11,23H,5,12-16H2,1H3. The van der Waals surface area contributed by atoms with Crippen molar-refractivity contribution in [1.82, 2.24) is 9.62 Å². The van der Waals surface area contributed by atoms with Crippen LogP contribution >= 0.6 is 11.6 Å². The molecule has 0 aliphatic carbocycles. The summed E-state index contributed by atoms with van der Waals surface area (Å²) in [5.41, 5.74) is 1.07. The van der Waals surface area contributed by atoms with Gasteiger partial charge in [-0.05, 0) is 42.5 Å². The van der Waals surface area contributed by atoms with Crippen molar-refractivity contribution >= 4 is 27.7 Å². The van der Waals surface area contributed by atoms with Crippen LogP contribution in [0.15, 0.2) is 54.6 Å². The van der Waals surface area contributed by atoms with E-state index in [1.165, 1.54) is 0 Å². The van der Waals surface area contributed by atoms with E-state index in [9.17, 15) is 13.2 Å². The van der Waals surface area contributed by atoms with E-state index in [2.05, 4.69) is 4.72 Å². The lowest BCUT2D eigenvalue weighted by Crippen LogP contribution is -2.60. The maximum Gasteiger partial charge on any atom is 0.410 e. The largest absolute Gasteiger partial charge is 0.445 e. The van der Waals surface area contributed by atoms with Crippen molar-refractivity contribution in [3.05, 3.63) is 70.7 Å². The van der Waals surface area contributed by atoms with Gasteiger partial charge in [0.2, 0.25) is 10.0 Å². The SMILES string of the molecule is CS(=O)(=O)NC1(Cc2ccc(Cl)cc2)CCCN(C(=O)OCc2ccccc2)C1. The fourth-order valence-electron chi connectivity index (χ4n) is 3.75. The highest BCUT2D eigenvalue weighted by Crippen LogP contribution is 2.27. The number of rotatable bonds is 6. The Morgan fingerprint density at radius 2 is 1.83 bits per heavy atom. The first-order chi connectivity index (χ1) is 13.7. The Balaban J connectivity index is 1.73. The second-order valence-corrected chi connectivity index (χ2v) is 9.71. The van der Waals surface area contributed by atoms with Crippen LogP contribution < -0.4 is 4.72 Å². The lowest BCUT2D eigenvalue weighted by molar-refractivity contribution is 0.0700. The van der Waals surface area contributed by atoms with Crippen LogP contribution in [-0.2, 0) is 27.8 Å². The number of carbonyl (C=O) groups is 1. The predicted octanol–water partition coefficient (Wildman–Crippen LogP) is 3.60. The number of halogens is 1. The first-order valence-electron chi connectivity index (χ1n) is 9.44. The van der Waals surface area contributed by atoms with Gasteiger partial charge < -0.3 is 9.64 Å². The van der Waals surface area contributed by atoms with Gasteiger partial charge in [-0.1, -0.05) is 54.1 Å². The number of carbonyl (C=O) groups excluding carboxylic acids is 1. The molecular formula is C21H25ClN2O4S. The molecule has 0 spiro atoms. The molecule has 156 valence electrons. The van der Waals surface area contributed by atoms with E-state index >= 15 is 0 Å². The molecule has 1 heterocycles. The maximum atomic E-state index is 12.6. The summed E-state index contributed by atoms with van der Waals surface area (Å²) in [4.78, 5) is 14.2. The summed E-state index contributed by atoms with van der Waals surface area (Å²) in [5.74, 6) is 0.